The fourth-order valence-corrected chi connectivity index (χ4v) is 1.88. The van der Waals surface area contributed by atoms with Gasteiger partial charge < -0.3 is 5.11 Å². The molecule has 1 aromatic heterocycles. The van der Waals surface area contributed by atoms with Gasteiger partial charge in [-0.1, -0.05) is 17.7 Å². The Bertz CT molecular complexity index is 697. The summed E-state index contributed by atoms with van der Waals surface area (Å²) in [7, 11) is 0. The van der Waals surface area contributed by atoms with Crippen LogP contribution >= 0.6 is 11.6 Å². The predicted octanol–water partition coefficient (Wildman–Crippen LogP) is 2.39. The van der Waals surface area contributed by atoms with Gasteiger partial charge in [-0.2, -0.15) is 0 Å². The van der Waals surface area contributed by atoms with Crippen molar-refractivity contribution < 1.29 is 14.3 Å². The van der Waals surface area contributed by atoms with Crippen molar-refractivity contribution >= 4 is 17.6 Å². The summed E-state index contributed by atoms with van der Waals surface area (Å²) in [4.78, 5) is 22.8. The summed E-state index contributed by atoms with van der Waals surface area (Å²) >= 11 is 5.90. The molecule has 0 amide bonds. The molecule has 0 radical (unpaired) electrons. The van der Waals surface area contributed by atoms with Crippen LogP contribution in [0.2, 0.25) is 5.02 Å². The molecule has 0 atom stereocenters. The summed E-state index contributed by atoms with van der Waals surface area (Å²) in [6.07, 6.45) is 0. The van der Waals surface area contributed by atoms with Gasteiger partial charge in [-0.25, -0.2) is 9.18 Å². The molecule has 1 N–H and O–H groups in total. The molecule has 2 rings (SSSR count). The molecule has 98 valence electrons. The van der Waals surface area contributed by atoms with Gasteiger partial charge in [-0.15, -0.1) is 0 Å². The number of carboxylic acids is 1. The third-order valence-electron chi connectivity index (χ3n) is 2.61. The van der Waals surface area contributed by atoms with Crippen LogP contribution in [0.1, 0.15) is 16.1 Å². The zero-order valence-corrected chi connectivity index (χ0v) is 10.4. The number of aromatic nitrogens is 1. The van der Waals surface area contributed by atoms with Gasteiger partial charge in [-0.05, 0) is 29.8 Å². The zero-order valence-electron chi connectivity index (χ0n) is 9.64. The van der Waals surface area contributed by atoms with E-state index in [1.165, 1.54) is 36.4 Å². The van der Waals surface area contributed by atoms with Crippen molar-refractivity contribution in [2.24, 2.45) is 0 Å². The van der Waals surface area contributed by atoms with Gasteiger partial charge in [0.1, 0.15) is 11.5 Å². The Balaban J connectivity index is 2.52. The molecule has 6 heteroatoms. The minimum atomic E-state index is -1.23. The van der Waals surface area contributed by atoms with Gasteiger partial charge in [0.25, 0.3) is 5.56 Å². The highest BCUT2D eigenvalue weighted by atomic mass is 35.5. The quantitative estimate of drug-likeness (QED) is 0.940. The van der Waals surface area contributed by atoms with E-state index in [1.54, 1.807) is 0 Å². The summed E-state index contributed by atoms with van der Waals surface area (Å²) in [5.74, 6) is -1.73. The van der Waals surface area contributed by atoms with E-state index < -0.39 is 17.3 Å². The highest BCUT2D eigenvalue weighted by molar-refractivity contribution is 6.31. The first kappa shape index (κ1) is 13.3. The van der Waals surface area contributed by atoms with Crippen molar-refractivity contribution in [2.75, 3.05) is 0 Å². The fourth-order valence-electron chi connectivity index (χ4n) is 1.70. The molecule has 0 fully saturated rings. The van der Waals surface area contributed by atoms with Crippen molar-refractivity contribution in [3.63, 3.8) is 0 Å². The first-order chi connectivity index (χ1) is 8.99. The minimum absolute atomic E-state index is 0.0993. The van der Waals surface area contributed by atoms with Crippen LogP contribution in [-0.4, -0.2) is 15.6 Å². The van der Waals surface area contributed by atoms with E-state index in [1.807, 2.05) is 0 Å². The number of halogens is 2. The van der Waals surface area contributed by atoms with Crippen LogP contribution < -0.4 is 5.56 Å². The first-order valence-corrected chi connectivity index (χ1v) is 5.74. The molecule has 2 aromatic rings. The standard InChI is InChI=1S/C13H9ClFNO3/c14-10-5-4-9(15)6-8(10)7-16-11(13(18)19)2-1-3-12(16)17/h1-6H,7H2,(H,18,19). The highest BCUT2D eigenvalue weighted by Gasteiger charge is 2.12. The molecule has 1 heterocycles. The number of carbonyl (C=O) groups is 1. The van der Waals surface area contributed by atoms with Crippen LogP contribution in [0.3, 0.4) is 0 Å². The first-order valence-electron chi connectivity index (χ1n) is 5.36. The lowest BCUT2D eigenvalue weighted by Crippen LogP contribution is -2.25. The Hall–Kier alpha value is -2.14. The SMILES string of the molecule is O=C(O)c1cccc(=O)n1Cc1cc(F)ccc1Cl. The largest absolute Gasteiger partial charge is 0.477 e. The smallest absolute Gasteiger partial charge is 0.352 e. The Kier molecular flexibility index (Phi) is 3.66. The van der Waals surface area contributed by atoms with Crippen LogP contribution in [0, 0.1) is 5.82 Å². The maximum absolute atomic E-state index is 13.1. The van der Waals surface area contributed by atoms with Crippen molar-refractivity contribution in [3.8, 4) is 0 Å². The summed E-state index contributed by atoms with van der Waals surface area (Å²) in [5, 5.41) is 9.30. The lowest BCUT2D eigenvalue weighted by atomic mass is 10.2. The van der Waals surface area contributed by atoms with Gasteiger partial charge in [-0.3, -0.25) is 9.36 Å². The highest BCUT2D eigenvalue weighted by Crippen LogP contribution is 2.18. The molecular formula is C13H9ClFNO3. The summed E-state index contributed by atoms with van der Waals surface area (Å²) in [6, 6.07) is 7.62. The molecule has 0 aliphatic carbocycles. The Labute approximate surface area is 112 Å². The van der Waals surface area contributed by atoms with Crippen molar-refractivity contribution in [1.29, 1.82) is 0 Å². The number of rotatable bonds is 3. The molecule has 0 spiro atoms. The van der Waals surface area contributed by atoms with E-state index in [2.05, 4.69) is 0 Å². The molecule has 0 aliphatic rings. The van der Waals surface area contributed by atoms with E-state index in [4.69, 9.17) is 16.7 Å². The number of nitrogens with zero attached hydrogens (tertiary/aromatic N) is 1. The molecule has 4 nitrogen and oxygen atoms in total. The molecule has 0 saturated heterocycles. The van der Waals surface area contributed by atoms with Crippen LogP contribution in [0.4, 0.5) is 4.39 Å². The summed E-state index contributed by atoms with van der Waals surface area (Å²) < 4.78 is 14.2. The molecule has 0 unspecified atom stereocenters. The Morgan fingerprint density at radius 1 is 1.32 bits per heavy atom. The van der Waals surface area contributed by atoms with Gasteiger partial charge in [0.05, 0.1) is 6.54 Å². The summed E-state index contributed by atoms with van der Waals surface area (Å²) in [6.45, 7) is -0.0993. The van der Waals surface area contributed by atoms with Crippen LogP contribution in [-0.2, 0) is 6.54 Å². The topological polar surface area (TPSA) is 59.3 Å². The lowest BCUT2D eigenvalue weighted by molar-refractivity contribution is 0.0684. The van der Waals surface area contributed by atoms with Crippen LogP contribution in [0.25, 0.3) is 0 Å². The third-order valence-corrected chi connectivity index (χ3v) is 2.97. The van der Waals surface area contributed by atoms with Gasteiger partial charge in [0.2, 0.25) is 0 Å². The van der Waals surface area contributed by atoms with Gasteiger partial charge in [0, 0.05) is 11.1 Å². The van der Waals surface area contributed by atoms with Gasteiger partial charge >= 0.3 is 5.97 Å². The van der Waals surface area contributed by atoms with E-state index in [0.29, 0.717) is 5.56 Å². The maximum Gasteiger partial charge on any atom is 0.352 e. The number of aromatic carboxylic acids is 1. The molecular weight excluding hydrogens is 273 g/mol. The average molecular weight is 282 g/mol. The number of hydrogen-bond donors (Lipinski definition) is 1. The fraction of sp³-hybridized carbons (Fsp3) is 0.0769. The van der Waals surface area contributed by atoms with Crippen molar-refractivity contribution in [1.82, 2.24) is 4.57 Å². The normalized spacial score (nSPS) is 10.4. The second-order valence-electron chi connectivity index (χ2n) is 3.88. The van der Waals surface area contributed by atoms with Gasteiger partial charge in [0.15, 0.2) is 0 Å². The summed E-state index contributed by atoms with van der Waals surface area (Å²) in [5.41, 5.74) is -0.314. The average Bonchev–Trinajstić information content (AvgIpc) is 2.35. The van der Waals surface area contributed by atoms with Crippen LogP contribution in [0.5, 0.6) is 0 Å². The second-order valence-corrected chi connectivity index (χ2v) is 4.28. The lowest BCUT2D eigenvalue weighted by Gasteiger charge is -2.10. The number of hydrogen-bond acceptors (Lipinski definition) is 2. The van der Waals surface area contributed by atoms with E-state index in [9.17, 15) is 14.0 Å². The Morgan fingerprint density at radius 2 is 2.05 bits per heavy atom. The number of benzene rings is 1. The van der Waals surface area contributed by atoms with E-state index >= 15 is 0 Å². The molecule has 19 heavy (non-hydrogen) atoms. The Morgan fingerprint density at radius 3 is 2.74 bits per heavy atom. The molecule has 0 bridgehead atoms. The maximum atomic E-state index is 13.1. The van der Waals surface area contributed by atoms with Crippen molar-refractivity contribution in [3.05, 3.63) is 68.8 Å². The molecule has 0 aliphatic heterocycles. The minimum Gasteiger partial charge on any atom is -0.477 e. The van der Waals surface area contributed by atoms with Crippen molar-refractivity contribution in [2.45, 2.75) is 6.54 Å². The predicted molar refractivity (Wildman–Crippen MR) is 68.2 cm³/mol. The van der Waals surface area contributed by atoms with Crippen LogP contribution in [0.15, 0.2) is 41.2 Å². The van der Waals surface area contributed by atoms with E-state index in [-0.39, 0.29) is 17.3 Å². The monoisotopic (exact) mass is 281 g/mol. The van der Waals surface area contributed by atoms with E-state index in [0.717, 1.165) is 4.57 Å². The zero-order chi connectivity index (χ0) is 14.0. The second kappa shape index (κ2) is 5.24. The molecule has 1 aromatic carbocycles. The number of carboxylic acid groups (broad SMARTS) is 1. The third kappa shape index (κ3) is 2.82. The molecule has 0 saturated carbocycles. The number of pyridine rings is 1.